The molecule has 0 bridgehead atoms. The Hall–Kier alpha value is -3.08. The molecule has 32 heavy (non-hydrogen) atoms. The van der Waals surface area contributed by atoms with E-state index in [0.717, 1.165) is 25.1 Å². The molecule has 1 saturated heterocycles. The van der Waals surface area contributed by atoms with Gasteiger partial charge in [0.15, 0.2) is 17.2 Å². The number of nitrogens with zero attached hydrogens (tertiary/aromatic N) is 1. The minimum Gasteiger partial charge on any atom is -0.364 e. The summed E-state index contributed by atoms with van der Waals surface area (Å²) in [6.45, 7) is 3.27. The van der Waals surface area contributed by atoms with Gasteiger partial charge >= 0.3 is 6.18 Å². The second-order valence-corrected chi connectivity index (χ2v) is 7.82. The van der Waals surface area contributed by atoms with Crippen LogP contribution in [0.15, 0.2) is 30.5 Å². The molecule has 0 radical (unpaired) electrons. The summed E-state index contributed by atoms with van der Waals surface area (Å²) in [7, 11) is 0. The van der Waals surface area contributed by atoms with Crippen LogP contribution in [0.1, 0.15) is 41.4 Å². The van der Waals surface area contributed by atoms with Gasteiger partial charge in [-0.3, -0.25) is 14.6 Å². The molecule has 172 valence electrons. The van der Waals surface area contributed by atoms with E-state index >= 15 is 0 Å². The van der Waals surface area contributed by atoms with Crippen LogP contribution in [0, 0.1) is 24.5 Å². The number of halogens is 5. The van der Waals surface area contributed by atoms with Crippen LogP contribution in [0.3, 0.4) is 0 Å². The zero-order chi connectivity index (χ0) is 24.0. The number of ether oxygens (including phenoxy) is 1. The maximum absolute atomic E-state index is 14.2. The van der Waals surface area contributed by atoms with Crippen LogP contribution in [0.2, 0.25) is 0 Å². The third kappa shape index (κ3) is 3.92. The Balaban J connectivity index is 2.05. The van der Waals surface area contributed by atoms with Crippen molar-refractivity contribution < 1.29 is 36.3 Å². The highest BCUT2D eigenvalue weighted by Gasteiger charge is 2.65. The Morgan fingerprint density at radius 2 is 1.88 bits per heavy atom. The molecule has 1 unspecified atom stereocenters. The lowest BCUT2D eigenvalue weighted by Crippen LogP contribution is -2.47. The van der Waals surface area contributed by atoms with Crippen LogP contribution in [-0.2, 0) is 9.53 Å². The van der Waals surface area contributed by atoms with Gasteiger partial charge in [-0.15, -0.1) is 0 Å². The number of hydrogen-bond donors (Lipinski definition) is 2. The first kappa shape index (κ1) is 23.6. The fraction of sp³-hybridized carbons (Fsp3) is 0.381. The number of benzene rings is 1. The smallest absolute Gasteiger partial charge is 0.364 e. The second kappa shape index (κ2) is 8.12. The summed E-state index contributed by atoms with van der Waals surface area (Å²) < 4.78 is 74.7. The third-order valence-electron chi connectivity index (χ3n) is 5.95. The predicted octanol–water partition coefficient (Wildman–Crippen LogP) is 3.85. The Morgan fingerprint density at radius 1 is 1.22 bits per heavy atom. The van der Waals surface area contributed by atoms with Gasteiger partial charge < -0.3 is 15.8 Å². The lowest BCUT2D eigenvalue weighted by atomic mass is 9.76. The van der Waals surface area contributed by atoms with Crippen molar-refractivity contribution in [3.05, 3.63) is 58.9 Å². The highest BCUT2D eigenvalue weighted by molar-refractivity contribution is 5.97. The Kier molecular flexibility index (Phi) is 5.98. The fourth-order valence-corrected chi connectivity index (χ4v) is 3.91. The number of nitrogens with one attached hydrogen (secondary N) is 1. The highest BCUT2D eigenvalue weighted by Crippen LogP contribution is 2.54. The molecule has 3 rings (SSSR count). The molecule has 11 heteroatoms. The van der Waals surface area contributed by atoms with E-state index in [4.69, 9.17) is 10.5 Å². The van der Waals surface area contributed by atoms with Gasteiger partial charge in [-0.1, -0.05) is 13.0 Å². The fourth-order valence-electron chi connectivity index (χ4n) is 3.91. The molecule has 0 saturated carbocycles. The summed E-state index contributed by atoms with van der Waals surface area (Å²) in [5.74, 6) is -6.76. The average molecular weight is 457 g/mol. The minimum atomic E-state index is -4.85. The molecule has 1 fully saturated rings. The van der Waals surface area contributed by atoms with Crippen molar-refractivity contribution in [2.75, 3.05) is 5.32 Å². The van der Waals surface area contributed by atoms with Crippen molar-refractivity contribution >= 4 is 17.5 Å². The third-order valence-corrected chi connectivity index (χ3v) is 5.95. The summed E-state index contributed by atoms with van der Waals surface area (Å²) in [4.78, 5) is 28.0. The number of pyridine rings is 1. The first-order valence-electron chi connectivity index (χ1n) is 9.53. The summed E-state index contributed by atoms with van der Waals surface area (Å²) in [5.41, 5.74) is 2.11. The molecule has 6 nitrogen and oxygen atoms in total. The van der Waals surface area contributed by atoms with Gasteiger partial charge in [0.25, 0.3) is 11.8 Å². The molecule has 2 heterocycles. The van der Waals surface area contributed by atoms with E-state index in [9.17, 15) is 31.5 Å². The van der Waals surface area contributed by atoms with E-state index in [2.05, 4.69) is 10.3 Å². The van der Waals surface area contributed by atoms with Gasteiger partial charge in [0.1, 0.15) is 11.8 Å². The van der Waals surface area contributed by atoms with Crippen molar-refractivity contribution in [3.8, 4) is 0 Å². The number of carbonyl (C=O) groups excluding carboxylic acids is 2. The summed E-state index contributed by atoms with van der Waals surface area (Å²) in [6.07, 6.45) is -5.35. The van der Waals surface area contributed by atoms with Gasteiger partial charge in [0, 0.05) is 23.7 Å². The topological polar surface area (TPSA) is 94.3 Å². The number of rotatable bonds is 4. The molecule has 0 spiro atoms. The molecule has 1 aliphatic rings. The number of aromatic nitrogens is 1. The number of amides is 2. The van der Waals surface area contributed by atoms with Crippen molar-refractivity contribution in [2.24, 2.45) is 11.7 Å². The normalized spacial score (nSPS) is 25.6. The largest absolute Gasteiger partial charge is 0.417 e. The van der Waals surface area contributed by atoms with Crippen LogP contribution < -0.4 is 11.1 Å². The second-order valence-electron chi connectivity index (χ2n) is 7.82. The first-order valence-corrected chi connectivity index (χ1v) is 9.53. The maximum Gasteiger partial charge on any atom is 0.417 e. The van der Waals surface area contributed by atoms with Gasteiger partial charge in [0.05, 0.1) is 0 Å². The zero-order valence-corrected chi connectivity index (χ0v) is 17.3. The molecule has 2 amide bonds. The van der Waals surface area contributed by atoms with Crippen LogP contribution in [0.25, 0.3) is 0 Å². The number of anilines is 1. The Morgan fingerprint density at radius 3 is 2.47 bits per heavy atom. The van der Waals surface area contributed by atoms with Crippen LogP contribution in [-0.4, -0.2) is 34.7 Å². The van der Waals surface area contributed by atoms with Gasteiger partial charge in [0.2, 0.25) is 0 Å². The number of nitrogens with two attached hydrogens (primary N) is 1. The highest BCUT2D eigenvalue weighted by atomic mass is 19.4. The van der Waals surface area contributed by atoms with E-state index in [1.165, 1.54) is 26.1 Å². The van der Waals surface area contributed by atoms with E-state index in [-0.39, 0.29) is 22.5 Å². The molecule has 3 N–H and O–H groups in total. The van der Waals surface area contributed by atoms with E-state index in [1.54, 1.807) is 0 Å². The standard InChI is InChI=1S/C21H20F5N3O3/c1-9-12(4-5-13(22)16(9)23)15-10(2)20(3,21(24,25)26)32-17(15)19(31)29-11-6-7-28-14(8-11)18(27)30/h4-8,10,15,17H,1-3H3,(H2,27,30)(H,28,29,31)/t10?,15-,17-,20+/m0/s1. The van der Waals surface area contributed by atoms with E-state index in [0.29, 0.717) is 0 Å². The van der Waals surface area contributed by atoms with Gasteiger partial charge in [-0.05, 0) is 43.2 Å². The van der Waals surface area contributed by atoms with Crippen molar-refractivity contribution in [1.29, 1.82) is 0 Å². The summed E-state index contributed by atoms with van der Waals surface area (Å²) >= 11 is 0. The molecular formula is C21H20F5N3O3. The zero-order valence-electron chi connectivity index (χ0n) is 17.3. The number of primary amides is 1. The summed E-state index contributed by atoms with van der Waals surface area (Å²) in [5, 5.41) is 2.39. The molecule has 1 aliphatic heterocycles. The molecule has 1 aromatic carbocycles. The number of alkyl halides is 3. The van der Waals surface area contributed by atoms with Gasteiger partial charge in [-0.25, -0.2) is 8.78 Å². The lowest BCUT2D eigenvalue weighted by Gasteiger charge is -2.32. The van der Waals surface area contributed by atoms with Crippen molar-refractivity contribution in [1.82, 2.24) is 4.98 Å². The van der Waals surface area contributed by atoms with E-state index < -0.39 is 53.2 Å². The average Bonchev–Trinajstić information content (AvgIpc) is 2.99. The quantitative estimate of drug-likeness (QED) is 0.682. The van der Waals surface area contributed by atoms with Crippen LogP contribution in [0.4, 0.5) is 27.6 Å². The SMILES string of the molecule is Cc1c([C@@H]2C(C)[C@](C)(C(F)(F)F)O[C@@H]2C(=O)Nc2ccnc(C(N)=O)c2)ccc(F)c1F. The van der Waals surface area contributed by atoms with Gasteiger partial charge in [-0.2, -0.15) is 13.2 Å². The first-order chi connectivity index (χ1) is 14.8. The monoisotopic (exact) mass is 457 g/mol. The van der Waals surface area contributed by atoms with Crippen molar-refractivity contribution in [2.45, 2.75) is 44.6 Å². The molecule has 0 aliphatic carbocycles. The number of carbonyl (C=O) groups is 2. The molecule has 4 atom stereocenters. The van der Waals surface area contributed by atoms with Crippen LogP contribution >= 0.6 is 0 Å². The van der Waals surface area contributed by atoms with Crippen LogP contribution in [0.5, 0.6) is 0 Å². The molecule has 2 aromatic rings. The molecule has 1 aromatic heterocycles. The predicted molar refractivity (Wildman–Crippen MR) is 104 cm³/mol. The lowest BCUT2D eigenvalue weighted by molar-refractivity contribution is -0.272. The number of hydrogen-bond acceptors (Lipinski definition) is 4. The minimum absolute atomic E-state index is 0.0251. The maximum atomic E-state index is 14.2. The summed E-state index contributed by atoms with van der Waals surface area (Å²) in [6, 6.07) is 4.41. The Labute approximate surface area is 180 Å². The van der Waals surface area contributed by atoms with E-state index in [1.807, 2.05) is 0 Å². The Bertz CT molecular complexity index is 1080. The van der Waals surface area contributed by atoms with Crippen molar-refractivity contribution in [3.63, 3.8) is 0 Å². The molecular weight excluding hydrogens is 437 g/mol.